The number of ether oxygens (including phenoxy) is 1. The van der Waals surface area contributed by atoms with Gasteiger partial charge in [-0.2, -0.15) is 4.98 Å². The number of morpholine rings is 1. The number of nitrogens with zero attached hydrogens (tertiary/aromatic N) is 4. The molecule has 1 atom stereocenters. The minimum atomic E-state index is 0.397. The summed E-state index contributed by atoms with van der Waals surface area (Å²) in [4.78, 5) is 10.8. The van der Waals surface area contributed by atoms with Crippen LogP contribution in [0, 0.1) is 0 Å². The zero-order chi connectivity index (χ0) is 16.4. The molecule has 2 aromatic rings. The van der Waals surface area contributed by atoms with Crippen LogP contribution in [0.4, 0.5) is 0 Å². The molecule has 130 valence electrons. The SMILES string of the molecule is CN(Cc1noc(C2CC2)n1)C[C@H](c1cccs1)N1CCOCC1. The van der Waals surface area contributed by atoms with Gasteiger partial charge in [-0.05, 0) is 31.3 Å². The Morgan fingerprint density at radius 3 is 2.92 bits per heavy atom. The van der Waals surface area contributed by atoms with Crippen molar-refractivity contribution in [2.24, 2.45) is 0 Å². The average Bonchev–Trinajstić information content (AvgIpc) is 3.11. The molecule has 3 heterocycles. The van der Waals surface area contributed by atoms with Crippen LogP contribution in [0.25, 0.3) is 0 Å². The fraction of sp³-hybridized carbons (Fsp3) is 0.647. The zero-order valence-electron chi connectivity index (χ0n) is 14.1. The lowest BCUT2D eigenvalue weighted by Crippen LogP contribution is -2.42. The van der Waals surface area contributed by atoms with E-state index in [1.54, 1.807) is 0 Å². The highest BCUT2D eigenvalue weighted by atomic mass is 32.1. The Morgan fingerprint density at radius 2 is 2.21 bits per heavy atom. The van der Waals surface area contributed by atoms with E-state index in [1.165, 1.54) is 17.7 Å². The summed E-state index contributed by atoms with van der Waals surface area (Å²) in [6.07, 6.45) is 2.38. The monoisotopic (exact) mass is 348 g/mol. The van der Waals surface area contributed by atoms with Gasteiger partial charge in [0.2, 0.25) is 5.89 Å². The van der Waals surface area contributed by atoms with Gasteiger partial charge in [0.1, 0.15) is 0 Å². The molecule has 0 spiro atoms. The first kappa shape index (κ1) is 16.2. The summed E-state index contributed by atoms with van der Waals surface area (Å²) in [5.41, 5.74) is 0. The highest BCUT2D eigenvalue weighted by molar-refractivity contribution is 7.10. The molecule has 2 aliphatic rings. The maximum atomic E-state index is 5.51. The Kier molecular flexibility index (Phi) is 4.93. The lowest BCUT2D eigenvalue weighted by atomic mass is 10.1. The van der Waals surface area contributed by atoms with Gasteiger partial charge in [0.15, 0.2) is 5.82 Å². The van der Waals surface area contributed by atoms with Crippen molar-refractivity contribution in [2.45, 2.75) is 31.3 Å². The van der Waals surface area contributed by atoms with Crippen molar-refractivity contribution < 1.29 is 9.26 Å². The maximum absolute atomic E-state index is 5.51. The van der Waals surface area contributed by atoms with Crippen molar-refractivity contribution in [3.63, 3.8) is 0 Å². The summed E-state index contributed by atoms with van der Waals surface area (Å²) in [5.74, 6) is 2.14. The van der Waals surface area contributed by atoms with Gasteiger partial charge in [-0.1, -0.05) is 11.2 Å². The number of thiophene rings is 1. The van der Waals surface area contributed by atoms with E-state index >= 15 is 0 Å². The van der Waals surface area contributed by atoms with Crippen LogP contribution in [0.1, 0.15) is 41.4 Å². The topological polar surface area (TPSA) is 54.6 Å². The molecular formula is C17H24N4O2S. The minimum Gasteiger partial charge on any atom is -0.379 e. The summed E-state index contributed by atoms with van der Waals surface area (Å²) in [7, 11) is 2.13. The van der Waals surface area contributed by atoms with Gasteiger partial charge in [-0.15, -0.1) is 11.3 Å². The molecule has 0 amide bonds. The van der Waals surface area contributed by atoms with Crippen molar-refractivity contribution >= 4 is 11.3 Å². The first-order valence-corrected chi connectivity index (χ1v) is 9.54. The Balaban J connectivity index is 1.40. The van der Waals surface area contributed by atoms with Gasteiger partial charge >= 0.3 is 0 Å². The van der Waals surface area contributed by atoms with Crippen LogP contribution < -0.4 is 0 Å². The quantitative estimate of drug-likeness (QED) is 0.766. The van der Waals surface area contributed by atoms with E-state index in [0.717, 1.165) is 51.1 Å². The molecule has 7 heteroatoms. The fourth-order valence-electron chi connectivity index (χ4n) is 3.18. The number of aromatic nitrogens is 2. The molecule has 0 aromatic carbocycles. The van der Waals surface area contributed by atoms with E-state index in [9.17, 15) is 0 Å². The third-order valence-corrected chi connectivity index (χ3v) is 5.64. The number of hydrogen-bond acceptors (Lipinski definition) is 7. The van der Waals surface area contributed by atoms with Gasteiger partial charge in [0.25, 0.3) is 0 Å². The highest BCUT2D eigenvalue weighted by Gasteiger charge is 2.30. The lowest BCUT2D eigenvalue weighted by Gasteiger charge is -2.36. The predicted octanol–water partition coefficient (Wildman–Crippen LogP) is 2.51. The van der Waals surface area contributed by atoms with E-state index in [0.29, 0.717) is 12.0 Å². The van der Waals surface area contributed by atoms with Crippen LogP contribution in [0.5, 0.6) is 0 Å². The van der Waals surface area contributed by atoms with Gasteiger partial charge in [-0.3, -0.25) is 9.80 Å². The molecular weight excluding hydrogens is 324 g/mol. The van der Waals surface area contributed by atoms with Crippen molar-refractivity contribution in [1.29, 1.82) is 0 Å². The number of rotatable bonds is 7. The van der Waals surface area contributed by atoms with Crippen molar-refractivity contribution in [2.75, 3.05) is 39.9 Å². The molecule has 1 saturated carbocycles. The molecule has 1 saturated heterocycles. The summed E-state index contributed by atoms with van der Waals surface area (Å²) in [6, 6.07) is 4.76. The highest BCUT2D eigenvalue weighted by Crippen LogP contribution is 2.38. The third kappa shape index (κ3) is 3.85. The van der Waals surface area contributed by atoms with Crippen molar-refractivity contribution in [3.05, 3.63) is 34.1 Å². The molecule has 2 aromatic heterocycles. The average molecular weight is 348 g/mol. The van der Waals surface area contributed by atoms with Gasteiger partial charge in [-0.25, -0.2) is 0 Å². The van der Waals surface area contributed by atoms with Crippen LogP contribution in [0.2, 0.25) is 0 Å². The van der Waals surface area contributed by atoms with E-state index in [-0.39, 0.29) is 0 Å². The van der Waals surface area contributed by atoms with Crippen LogP contribution >= 0.6 is 11.3 Å². The first-order valence-electron chi connectivity index (χ1n) is 8.66. The van der Waals surface area contributed by atoms with Gasteiger partial charge in [0, 0.05) is 30.4 Å². The lowest BCUT2D eigenvalue weighted by molar-refractivity contribution is 0.00946. The third-order valence-electron chi connectivity index (χ3n) is 4.66. The predicted molar refractivity (Wildman–Crippen MR) is 92.1 cm³/mol. The Hall–Kier alpha value is -1.28. The van der Waals surface area contributed by atoms with E-state index in [1.807, 2.05) is 11.3 Å². The molecule has 6 nitrogen and oxygen atoms in total. The molecule has 2 fully saturated rings. The maximum Gasteiger partial charge on any atom is 0.229 e. The second-order valence-corrected chi connectivity index (χ2v) is 7.68. The van der Waals surface area contributed by atoms with Crippen LogP contribution in [-0.4, -0.2) is 59.8 Å². The molecule has 1 aliphatic carbocycles. The van der Waals surface area contributed by atoms with Crippen LogP contribution in [-0.2, 0) is 11.3 Å². The molecule has 4 rings (SSSR count). The normalized spacial score (nSPS) is 20.6. The fourth-order valence-corrected chi connectivity index (χ4v) is 4.04. The van der Waals surface area contributed by atoms with Crippen LogP contribution in [0.15, 0.2) is 22.0 Å². The summed E-state index contributed by atoms with van der Waals surface area (Å²) in [6.45, 7) is 5.30. The molecule has 0 bridgehead atoms. The van der Waals surface area contributed by atoms with E-state index < -0.39 is 0 Å². The summed E-state index contributed by atoms with van der Waals surface area (Å²) < 4.78 is 10.9. The molecule has 0 N–H and O–H groups in total. The summed E-state index contributed by atoms with van der Waals surface area (Å²) in [5, 5.41) is 6.30. The van der Waals surface area contributed by atoms with E-state index in [2.05, 4.69) is 44.5 Å². The molecule has 0 radical (unpaired) electrons. The Labute approximate surface area is 146 Å². The molecule has 24 heavy (non-hydrogen) atoms. The van der Waals surface area contributed by atoms with Gasteiger partial charge < -0.3 is 9.26 Å². The second-order valence-electron chi connectivity index (χ2n) is 6.70. The van der Waals surface area contributed by atoms with E-state index in [4.69, 9.17) is 9.26 Å². The number of hydrogen-bond donors (Lipinski definition) is 0. The van der Waals surface area contributed by atoms with Crippen molar-refractivity contribution in [1.82, 2.24) is 19.9 Å². The Bertz CT molecular complexity index is 635. The van der Waals surface area contributed by atoms with Gasteiger partial charge in [0.05, 0.1) is 25.8 Å². The first-order chi connectivity index (χ1) is 11.8. The number of likely N-dealkylation sites (N-methyl/N-ethyl adjacent to an activating group) is 1. The second kappa shape index (κ2) is 7.31. The molecule has 0 unspecified atom stereocenters. The summed E-state index contributed by atoms with van der Waals surface area (Å²) >= 11 is 1.83. The largest absolute Gasteiger partial charge is 0.379 e. The molecule has 1 aliphatic heterocycles. The van der Waals surface area contributed by atoms with Crippen molar-refractivity contribution in [3.8, 4) is 0 Å². The van der Waals surface area contributed by atoms with Crippen LogP contribution in [0.3, 0.4) is 0 Å². The Morgan fingerprint density at radius 1 is 1.38 bits per heavy atom. The zero-order valence-corrected chi connectivity index (χ0v) is 14.9. The standard InChI is InChI=1S/C17H24N4O2S/c1-20(12-16-18-17(23-19-16)13-4-5-13)11-14(15-3-2-10-24-15)21-6-8-22-9-7-21/h2-3,10,13-14H,4-9,11-12H2,1H3/t14-/m1/s1. The smallest absolute Gasteiger partial charge is 0.229 e. The minimum absolute atomic E-state index is 0.397.